The van der Waals surface area contributed by atoms with E-state index < -0.39 is 0 Å². The Morgan fingerprint density at radius 3 is 2.71 bits per heavy atom. The van der Waals surface area contributed by atoms with Crippen LogP contribution in [0.3, 0.4) is 0 Å². The maximum absolute atomic E-state index is 12.6. The normalized spacial score (nSPS) is 22.0. The molecule has 1 saturated carbocycles. The Balaban J connectivity index is 1.56. The highest BCUT2D eigenvalue weighted by Gasteiger charge is 2.35. The molecule has 2 aromatic rings. The molecular weight excluding hydrogens is 270 g/mol. The summed E-state index contributed by atoms with van der Waals surface area (Å²) in [7, 11) is 0. The standard InChI is InChI=1S/C15H17N3O3/c1-9-7-14(21-16-9)12-3-2-6-18(12)15(19)11-8-13(20-17-11)10-4-5-10/h7-8,10,12H,2-6H2,1H3. The third-order valence-corrected chi connectivity index (χ3v) is 4.22. The molecule has 0 radical (unpaired) electrons. The summed E-state index contributed by atoms with van der Waals surface area (Å²) in [5.74, 6) is 1.97. The Morgan fingerprint density at radius 1 is 1.19 bits per heavy atom. The summed E-state index contributed by atoms with van der Waals surface area (Å²) in [4.78, 5) is 14.4. The molecule has 0 spiro atoms. The number of hydrogen-bond donors (Lipinski definition) is 0. The van der Waals surface area contributed by atoms with Crippen LogP contribution < -0.4 is 0 Å². The van der Waals surface area contributed by atoms with Gasteiger partial charge in [0.2, 0.25) is 0 Å². The molecule has 110 valence electrons. The summed E-state index contributed by atoms with van der Waals surface area (Å²) in [6, 6.07) is 3.65. The molecule has 0 bridgehead atoms. The Hall–Kier alpha value is -2.11. The molecule has 6 nitrogen and oxygen atoms in total. The van der Waals surface area contributed by atoms with E-state index in [0.717, 1.165) is 49.4 Å². The first-order chi connectivity index (χ1) is 10.2. The van der Waals surface area contributed by atoms with Gasteiger partial charge in [-0.1, -0.05) is 10.3 Å². The molecule has 1 saturated heterocycles. The quantitative estimate of drug-likeness (QED) is 0.868. The van der Waals surface area contributed by atoms with E-state index in [-0.39, 0.29) is 11.9 Å². The van der Waals surface area contributed by atoms with Crippen LogP contribution in [0.2, 0.25) is 0 Å². The molecule has 2 aliphatic rings. The van der Waals surface area contributed by atoms with Crippen LogP contribution in [0.1, 0.15) is 65.3 Å². The van der Waals surface area contributed by atoms with E-state index in [0.29, 0.717) is 11.6 Å². The predicted molar refractivity (Wildman–Crippen MR) is 72.7 cm³/mol. The molecule has 2 aromatic heterocycles. The van der Waals surface area contributed by atoms with E-state index in [2.05, 4.69) is 10.3 Å². The van der Waals surface area contributed by atoms with Gasteiger partial charge in [0.25, 0.3) is 5.91 Å². The fourth-order valence-corrected chi connectivity index (χ4v) is 2.94. The topological polar surface area (TPSA) is 72.4 Å². The molecule has 21 heavy (non-hydrogen) atoms. The van der Waals surface area contributed by atoms with Crippen molar-refractivity contribution >= 4 is 5.91 Å². The van der Waals surface area contributed by atoms with Crippen molar-refractivity contribution in [1.82, 2.24) is 15.2 Å². The second-order valence-corrected chi connectivity index (χ2v) is 5.92. The first-order valence-corrected chi connectivity index (χ1v) is 7.43. The lowest BCUT2D eigenvalue weighted by atomic mass is 10.1. The van der Waals surface area contributed by atoms with Gasteiger partial charge in [0.05, 0.1) is 11.7 Å². The minimum atomic E-state index is -0.0813. The molecule has 0 N–H and O–H groups in total. The molecule has 1 unspecified atom stereocenters. The molecular formula is C15H17N3O3. The van der Waals surface area contributed by atoms with Crippen LogP contribution in [0, 0.1) is 6.92 Å². The summed E-state index contributed by atoms with van der Waals surface area (Å²) in [5, 5.41) is 7.86. The number of carbonyl (C=O) groups excluding carboxylic acids is 1. The Labute approximate surface area is 122 Å². The van der Waals surface area contributed by atoms with Crippen molar-refractivity contribution in [3.05, 3.63) is 35.0 Å². The molecule has 0 aromatic carbocycles. The summed E-state index contributed by atoms with van der Waals surface area (Å²) in [6.07, 6.45) is 4.12. The second kappa shape index (κ2) is 4.72. The smallest absolute Gasteiger partial charge is 0.276 e. The van der Waals surface area contributed by atoms with Crippen molar-refractivity contribution in [2.24, 2.45) is 0 Å². The van der Waals surface area contributed by atoms with Crippen LogP contribution in [0.15, 0.2) is 21.2 Å². The number of likely N-dealkylation sites (tertiary alicyclic amines) is 1. The van der Waals surface area contributed by atoms with Crippen molar-refractivity contribution in [2.75, 3.05) is 6.54 Å². The minimum Gasteiger partial charge on any atom is -0.360 e. The lowest BCUT2D eigenvalue weighted by molar-refractivity contribution is 0.0704. The summed E-state index contributed by atoms with van der Waals surface area (Å²) in [5.41, 5.74) is 1.24. The lowest BCUT2D eigenvalue weighted by Crippen LogP contribution is -2.30. The van der Waals surface area contributed by atoms with Crippen LogP contribution in [-0.2, 0) is 0 Å². The number of amides is 1. The van der Waals surface area contributed by atoms with E-state index in [9.17, 15) is 4.79 Å². The molecule has 1 atom stereocenters. The van der Waals surface area contributed by atoms with Gasteiger partial charge in [-0.25, -0.2) is 0 Å². The third kappa shape index (κ3) is 2.24. The predicted octanol–water partition coefficient (Wildman–Crippen LogP) is 2.83. The van der Waals surface area contributed by atoms with Gasteiger partial charge in [0, 0.05) is 24.6 Å². The van der Waals surface area contributed by atoms with Gasteiger partial charge < -0.3 is 13.9 Å². The average molecular weight is 287 g/mol. The van der Waals surface area contributed by atoms with Gasteiger partial charge in [-0.15, -0.1) is 0 Å². The van der Waals surface area contributed by atoms with E-state index in [4.69, 9.17) is 9.05 Å². The largest absolute Gasteiger partial charge is 0.360 e. The van der Waals surface area contributed by atoms with Gasteiger partial charge >= 0.3 is 0 Å². The van der Waals surface area contributed by atoms with Crippen molar-refractivity contribution in [1.29, 1.82) is 0 Å². The number of nitrogens with zero attached hydrogens (tertiary/aromatic N) is 3. The highest BCUT2D eigenvalue weighted by Crippen LogP contribution is 2.40. The van der Waals surface area contributed by atoms with Crippen LogP contribution in [0.5, 0.6) is 0 Å². The van der Waals surface area contributed by atoms with E-state index >= 15 is 0 Å². The SMILES string of the molecule is Cc1cc(C2CCCN2C(=O)c2cc(C3CC3)on2)on1. The van der Waals surface area contributed by atoms with Crippen LogP contribution >= 0.6 is 0 Å². The number of carbonyl (C=O) groups is 1. The van der Waals surface area contributed by atoms with E-state index in [1.807, 2.05) is 17.9 Å². The van der Waals surface area contributed by atoms with Gasteiger partial charge in [0.1, 0.15) is 5.76 Å². The zero-order valence-corrected chi connectivity index (χ0v) is 11.9. The summed E-state index contributed by atoms with van der Waals surface area (Å²) >= 11 is 0. The zero-order chi connectivity index (χ0) is 14.4. The third-order valence-electron chi connectivity index (χ3n) is 4.22. The van der Waals surface area contributed by atoms with Gasteiger partial charge in [-0.3, -0.25) is 4.79 Å². The van der Waals surface area contributed by atoms with Crippen molar-refractivity contribution in [3.8, 4) is 0 Å². The monoisotopic (exact) mass is 287 g/mol. The average Bonchev–Trinajstić information content (AvgIpc) is 2.94. The molecule has 2 fully saturated rings. The second-order valence-electron chi connectivity index (χ2n) is 5.92. The highest BCUT2D eigenvalue weighted by molar-refractivity contribution is 5.92. The first kappa shape index (κ1) is 12.6. The Bertz CT molecular complexity index is 671. The van der Waals surface area contributed by atoms with E-state index in [1.165, 1.54) is 0 Å². The molecule has 1 aliphatic carbocycles. The van der Waals surface area contributed by atoms with Gasteiger partial charge in [-0.2, -0.15) is 0 Å². The fourth-order valence-electron chi connectivity index (χ4n) is 2.94. The summed E-state index contributed by atoms with van der Waals surface area (Å²) < 4.78 is 10.6. The zero-order valence-electron chi connectivity index (χ0n) is 11.9. The number of aryl methyl sites for hydroxylation is 1. The van der Waals surface area contributed by atoms with Gasteiger partial charge in [0.15, 0.2) is 11.5 Å². The minimum absolute atomic E-state index is 0.0419. The van der Waals surface area contributed by atoms with Crippen LogP contribution in [0.4, 0.5) is 0 Å². The molecule has 1 amide bonds. The van der Waals surface area contributed by atoms with Crippen molar-refractivity contribution in [3.63, 3.8) is 0 Å². The molecule has 1 aliphatic heterocycles. The number of rotatable bonds is 3. The lowest BCUT2D eigenvalue weighted by Gasteiger charge is -2.21. The molecule has 3 heterocycles. The van der Waals surface area contributed by atoms with Gasteiger partial charge in [-0.05, 0) is 32.6 Å². The summed E-state index contributed by atoms with van der Waals surface area (Å²) in [6.45, 7) is 2.60. The van der Waals surface area contributed by atoms with Crippen molar-refractivity contribution in [2.45, 2.75) is 44.6 Å². The fraction of sp³-hybridized carbons (Fsp3) is 0.533. The van der Waals surface area contributed by atoms with Crippen LogP contribution in [0.25, 0.3) is 0 Å². The number of aromatic nitrogens is 2. The van der Waals surface area contributed by atoms with Crippen LogP contribution in [-0.4, -0.2) is 27.7 Å². The maximum Gasteiger partial charge on any atom is 0.276 e. The van der Waals surface area contributed by atoms with Crippen molar-refractivity contribution < 1.29 is 13.8 Å². The first-order valence-electron chi connectivity index (χ1n) is 7.43. The maximum atomic E-state index is 12.6. The molecule has 4 rings (SSSR count). The van der Waals surface area contributed by atoms with E-state index in [1.54, 1.807) is 6.07 Å². The highest BCUT2D eigenvalue weighted by atomic mass is 16.5. The molecule has 6 heteroatoms. The Kier molecular flexibility index (Phi) is 2.83. The number of hydrogen-bond acceptors (Lipinski definition) is 5. The Morgan fingerprint density at radius 2 is 2.00 bits per heavy atom.